The summed E-state index contributed by atoms with van der Waals surface area (Å²) in [6.45, 7) is 9.01. The van der Waals surface area contributed by atoms with Crippen molar-refractivity contribution in [2.75, 3.05) is 6.61 Å². The van der Waals surface area contributed by atoms with Crippen LogP contribution in [0.15, 0.2) is 0 Å². The van der Waals surface area contributed by atoms with E-state index in [1.165, 1.54) is 0 Å². The molecule has 0 radical (unpaired) electrons. The normalized spacial score (nSPS) is 10.4. The standard InChI is InChI=1S/C11H18N2O2/c1-5-13-9(4)10(8(3)12-13)7-11(14)15-6-2/h5-7H2,1-4H3. The molecule has 0 aliphatic carbocycles. The molecule has 0 N–H and O–H groups in total. The minimum Gasteiger partial charge on any atom is -0.466 e. The van der Waals surface area contributed by atoms with Crippen molar-refractivity contribution in [3.63, 3.8) is 0 Å². The molecule has 0 saturated heterocycles. The number of rotatable bonds is 4. The largest absolute Gasteiger partial charge is 0.466 e. The molecule has 1 heterocycles. The zero-order chi connectivity index (χ0) is 11.4. The van der Waals surface area contributed by atoms with Gasteiger partial charge in [-0.15, -0.1) is 0 Å². The zero-order valence-corrected chi connectivity index (χ0v) is 9.83. The Labute approximate surface area is 90.2 Å². The van der Waals surface area contributed by atoms with Crippen molar-refractivity contribution in [2.45, 2.75) is 40.7 Å². The van der Waals surface area contributed by atoms with Gasteiger partial charge in [-0.25, -0.2) is 0 Å². The lowest BCUT2D eigenvalue weighted by molar-refractivity contribution is -0.142. The lowest BCUT2D eigenvalue weighted by Gasteiger charge is -2.03. The number of ether oxygens (including phenoxy) is 1. The maximum absolute atomic E-state index is 11.4. The number of aryl methyl sites for hydroxylation is 2. The summed E-state index contributed by atoms with van der Waals surface area (Å²) in [5.41, 5.74) is 2.97. The van der Waals surface area contributed by atoms with Crippen LogP contribution in [0, 0.1) is 13.8 Å². The van der Waals surface area contributed by atoms with Crippen LogP contribution in [0.2, 0.25) is 0 Å². The van der Waals surface area contributed by atoms with Crippen LogP contribution in [0.3, 0.4) is 0 Å². The van der Waals surface area contributed by atoms with Gasteiger partial charge in [0.25, 0.3) is 0 Å². The first-order valence-electron chi connectivity index (χ1n) is 5.28. The predicted octanol–water partition coefficient (Wildman–Crippen LogP) is 1.63. The summed E-state index contributed by atoms with van der Waals surface area (Å²) in [7, 11) is 0. The fraction of sp³-hybridized carbons (Fsp3) is 0.636. The van der Waals surface area contributed by atoms with Crippen molar-refractivity contribution in [2.24, 2.45) is 0 Å². The molecule has 15 heavy (non-hydrogen) atoms. The molecule has 1 aromatic heterocycles. The molecule has 4 nitrogen and oxygen atoms in total. The Morgan fingerprint density at radius 1 is 1.40 bits per heavy atom. The summed E-state index contributed by atoms with van der Waals surface area (Å²) < 4.78 is 6.83. The fourth-order valence-corrected chi connectivity index (χ4v) is 1.65. The van der Waals surface area contributed by atoms with Crippen LogP contribution in [0.1, 0.15) is 30.8 Å². The second-order valence-corrected chi connectivity index (χ2v) is 3.45. The van der Waals surface area contributed by atoms with Crippen LogP contribution in [0.25, 0.3) is 0 Å². The minimum atomic E-state index is -0.181. The van der Waals surface area contributed by atoms with Gasteiger partial charge in [0.05, 0.1) is 18.7 Å². The molecular formula is C11H18N2O2. The monoisotopic (exact) mass is 210 g/mol. The fourth-order valence-electron chi connectivity index (χ4n) is 1.65. The van der Waals surface area contributed by atoms with Crippen LogP contribution in [0.5, 0.6) is 0 Å². The van der Waals surface area contributed by atoms with Gasteiger partial charge in [0.15, 0.2) is 0 Å². The second-order valence-electron chi connectivity index (χ2n) is 3.45. The molecule has 1 aromatic rings. The van der Waals surface area contributed by atoms with Crippen LogP contribution >= 0.6 is 0 Å². The first-order valence-corrected chi connectivity index (χ1v) is 5.28. The molecule has 0 fully saturated rings. The maximum Gasteiger partial charge on any atom is 0.310 e. The van der Waals surface area contributed by atoms with E-state index < -0.39 is 0 Å². The van der Waals surface area contributed by atoms with Crippen LogP contribution in [-0.2, 0) is 22.5 Å². The number of carbonyl (C=O) groups is 1. The second kappa shape index (κ2) is 4.96. The van der Waals surface area contributed by atoms with Gasteiger partial charge in [0.2, 0.25) is 0 Å². The summed E-state index contributed by atoms with van der Waals surface area (Å²) in [6.07, 6.45) is 0.325. The SMILES string of the molecule is CCOC(=O)Cc1c(C)nn(CC)c1C. The van der Waals surface area contributed by atoms with Gasteiger partial charge in [-0.1, -0.05) is 0 Å². The molecule has 0 aliphatic rings. The molecule has 0 spiro atoms. The average molecular weight is 210 g/mol. The molecule has 84 valence electrons. The lowest BCUT2D eigenvalue weighted by Crippen LogP contribution is -2.09. The van der Waals surface area contributed by atoms with E-state index in [9.17, 15) is 4.79 Å². The third-order valence-electron chi connectivity index (χ3n) is 2.46. The van der Waals surface area contributed by atoms with Crippen molar-refractivity contribution in [1.82, 2.24) is 9.78 Å². The number of esters is 1. The molecule has 0 aromatic carbocycles. The Morgan fingerprint density at radius 3 is 2.53 bits per heavy atom. The summed E-state index contributed by atoms with van der Waals surface area (Å²) in [6, 6.07) is 0. The number of nitrogens with zero attached hydrogens (tertiary/aromatic N) is 2. The smallest absolute Gasteiger partial charge is 0.310 e. The van der Waals surface area contributed by atoms with E-state index in [-0.39, 0.29) is 5.97 Å². The Kier molecular flexibility index (Phi) is 3.88. The van der Waals surface area contributed by atoms with E-state index >= 15 is 0 Å². The Balaban J connectivity index is 2.85. The summed E-state index contributed by atoms with van der Waals surface area (Å²) in [5, 5.41) is 4.35. The first kappa shape index (κ1) is 11.8. The van der Waals surface area contributed by atoms with E-state index in [4.69, 9.17) is 4.74 Å². The van der Waals surface area contributed by atoms with Crippen molar-refractivity contribution in [3.05, 3.63) is 17.0 Å². The number of aromatic nitrogens is 2. The van der Waals surface area contributed by atoms with E-state index in [1.807, 2.05) is 32.4 Å². The molecule has 0 atom stereocenters. The van der Waals surface area contributed by atoms with Crippen LogP contribution < -0.4 is 0 Å². The van der Waals surface area contributed by atoms with E-state index in [0.29, 0.717) is 13.0 Å². The number of carbonyl (C=O) groups excluding carboxylic acids is 1. The highest BCUT2D eigenvalue weighted by Crippen LogP contribution is 2.14. The molecule has 0 amide bonds. The van der Waals surface area contributed by atoms with Crippen molar-refractivity contribution >= 4 is 5.97 Å². The van der Waals surface area contributed by atoms with Gasteiger partial charge in [0.1, 0.15) is 0 Å². The minimum absolute atomic E-state index is 0.181. The van der Waals surface area contributed by atoms with Crippen molar-refractivity contribution in [1.29, 1.82) is 0 Å². The zero-order valence-electron chi connectivity index (χ0n) is 9.83. The molecule has 0 unspecified atom stereocenters. The Bertz CT molecular complexity index is 356. The highest BCUT2D eigenvalue weighted by Gasteiger charge is 2.14. The average Bonchev–Trinajstić information content (AvgIpc) is 2.45. The van der Waals surface area contributed by atoms with Crippen LogP contribution in [-0.4, -0.2) is 22.4 Å². The highest BCUT2D eigenvalue weighted by atomic mass is 16.5. The van der Waals surface area contributed by atoms with Crippen molar-refractivity contribution in [3.8, 4) is 0 Å². The molecule has 1 rings (SSSR count). The summed E-state index contributed by atoms with van der Waals surface area (Å²) in [5.74, 6) is -0.181. The third-order valence-corrected chi connectivity index (χ3v) is 2.46. The number of hydrogen-bond donors (Lipinski definition) is 0. The van der Waals surface area contributed by atoms with Gasteiger partial charge in [0, 0.05) is 17.8 Å². The summed E-state index contributed by atoms with van der Waals surface area (Å²) in [4.78, 5) is 11.4. The third kappa shape index (κ3) is 2.58. The van der Waals surface area contributed by atoms with E-state index in [2.05, 4.69) is 5.10 Å². The lowest BCUT2D eigenvalue weighted by atomic mass is 10.1. The summed E-state index contributed by atoms with van der Waals surface area (Å²) >= 11 is 0. The predicted molar refractivity (Wildman–Crippen MR) is 57.7 cm³/mol. The van der Waals surface area contributed by atoms with Crippen molar-refractivity contribution < 1.29 is 9.53 Å². The van der Waals surface area contributed by atoms with Gasteiger partial charge < -0.3 is 4.74 Å². The van der Waals surface area contributed by atoms with Gasteiger partial charge in [-0.2, -0.15) is 5.10 Å². The molecular weight excluding hydrogens is 192 g/mol. The Hall–Kier alpha value is -1.32. The quantitative estimate of drug-likeness (QED) is 0.709. The molecule has 0 bridgehead atoms. The molecule has 0 aliphatic heterocycles. The van der Waals surface area contributed by atoms with Gasteiger partial charge in [-0.05, 0) is 27.7 Å². The first-order chi connectivity index (χ1) is 7.10. The van der Waals surface area contributed by atoms with Crippen LogP contribution in [0.4, 0.5) is 0 Å². The van der Waals surface area contributed by atoms with Gasteiger partial charge in [-0.3, -0.25) is 9.48 Å². The topological polar surface area (TPSA) is 44.1 Å². The van der Waals surface area contributed by atoms with Gasteiger partial charge >= 0.3 is 5.97 Å². The molecule has 4 heteroatoms. The highest BCUT2D eigenvalue weighted by molar-refractivity contribution is 5.73. The number of hydrogen-bond acceptors (Lipinski definition) is 3. The maximum atomic E-state index is 11.4. The Morgan fingerprint density at radius 2 is 2.07 bits per heavy atom. The van der Waals surface area contributed by atoms with E-state index in [0.717, 1.165) is 23.5 Å². The van der Waals surface area contributed by atoms with E-state index in [1.54, 1.807) is 0 Å². The molecule has 0 saturated carbocycles.